The molecule has 0 saturated carbocycles. The molecule has 0 radical (unpaired) electrons. The zero-order chi connectivity index (χ0) is 20.5. The van der Waals surface area contributed by atoms with Crippen molar-refractivity contribution in [2.75, 3.05) is 0 Å². The molecule has 1 aromatic heterocycles. The first-order chi connectivity index (χ1) is 13.5. The number of nitrogens with zero attached hydrogens (tertiary/aromatic N) is 2. The number of nitrogens with one attached hydrogen (secondary N) is 1. The first-order valence-electron chi connectivity index (χ1n) is 8.73. The molecule has 0 spiro atoms. The summed E-state index contributed by atoms with van der Waals surface area (Å²) in [7, 11) is 9.53. The van der Waals surface area contributed by atoms with Crippen molar-refractivity contribution in [1.82, 2.24) is 4.98 Å². The van der Waals surface area contributed by atoms with Crippen LogP contribution in [0.5, 0.6) is 0 Å². The summed E-state index contributed by atoms with van der Waals surface area (Å²) in [4.78, 5) is 12.9. The molecule has 0 unspecified atom stereocenters. The van der Waals surface area contributed by atoms with Gasteiger partial charge in [0.25, 0.3) is 0 Å². The third-order valence-corrected chi connectivity index (χ3v) is 4.27. The summed E-state index contributed by atoms with van der Waals surface area (Å²) in [5.41, 5.74) is 8.29. The van der Waals surface area contributed by atoms with Gasteiger partial charge in [0.1, 0.15) is 0 Å². The van der Waals surface area contributed by atoms with Crippen LogP contribution in [-0.2, 0) is 13.1 Å². The average Bonchev–Trinajstić information content (AvgIpc) is 3.17. The standard InChI is InChI=1S/C22H23N3.2ClH.Fe/c1-15-9-5-7-11-19(15)23-17(3)21-13-14-22(25-21)18(4)24-20-12-8-6-10-16(20)2;;;/h5-14,25H,1-4H3;2*1H;/q;;;+2/p-2. The summed E-state index contributed by atoms with van der Waals surface area (Å²) >= 11 is 0.194. The number of halogens is 2. The summed E-state index contributed by atoms with van der Waals surface area (Å²) in [6, 6.07) is 20.4. The van der Waals surface area contributed by atoms with Gasteiger partial charge in [-0.05, 0) is 63.1 Å². The second-order valence-electron chi connectivity index (χ2n) is 6.30. The van der Waals surface area contributed by atoms with Gasteiger partial charge in [-0.3, -0.25) is 9.98 Å². The van der Waals surface area contributed by atoms with Crippen LogP contribution in [0.2, 0.25) is 0 Å². The normalized spacial score (nSPS) is 11.9. The predicted octanol–water partition coefficient (Wildman–Crippen LogP) is 7.29. The predicted molar refractivity (Wildman–Crippen MR) is 119 cm³/mol. The minimum absolute atomic E-state index is 0.194. The quantitative estimate of drug-likeness (QED) is 0.317. The van der Waals surface area contributed by atoms with Crippen LogP contribution >= 0.6 is 20.2 Å². The Morgan fingerprint density at radius 3 is 1.43 bits per heavy atom. The molecular weight excluding hydrogens is 433 g/mol. The molecule has 0 aliphatic rings. The van der Waals surface area contributed by atoms with E-state index in [9.17, 15) is 0 Å². The van der Waals surface area contributed by atoms with Crippen molar-refractivity contribution < 1.29 is 13.1 Å². The van der Waals surface area contributed by atoms with E-state index >= 15 is 0 Å². The molecular formula is C22H23Cl2FeN3. The average molecular weight is 456 g/mol. The Kier molecular flexibility index (Phi) is 9.00. The van der Waals surface area contributed by atoms with E-state index in [1.807, 2.05) is 50.2 Å². The number of hydrogen-bond acceptors (Lipinski definition) is 2. The van der Waals surface area contributed by atoms with Gasteiger partial charge in [0, 0.05) is 0 Å². The Bertz CT molecular complexity index is 901. The molecule has 0 amide bonds. The molecule has 0 atom stereocenters. The maximum absolute atomic E-state index is 4.76. The van der Waals surface area contributed by atoms with Crippen molar-refractivity contribution in [3.05, 3.63) is 83.2 Å². The van der Waals surface area contributed by atoms with Crippen LogP contribution in [0.3, 0.4) is 0 Å². The molecule has 0 fully saturated rings. The maximum atomic E-state index is 4.76. The van der Waals surface area contributed by atoms with E-state index in [0.717, 1.165) is 34.2 Å². The van der Waals surface area contributed by atoms with Crippen molar-refractivity contribution in [1.29, 1.82) is 0 Å². The number of para-hydroxylation sites is 2. The van der Waals surface area contributed by atoms with Crippen molar-refractivity contribution in [3.63, 3.8) is 0 Å². The van der Waals surface area contributed by atoms with E-state index < -0.39 is 0 Å². The van der Waals surface area contributed by atoms with Crippen molar-refractivity contribution in [2.45, 2.75) is 27.7 Å². The van der Waals surface area contributed by atoms with Gasteiger partial charge in [-0.1, -0.05) is 36.4 Å². The molecule has 28 heavy (non-hydrogen) atoms. The van der Waals surface area contributed by atoms with Gasteiger partial charge in [-0.15, -0.1) is 0 Å². The third-order valence-electron chi connectivity index (χ3n) is 4.27. The molecule has 3 nitrogen and oxygen atoms in total. The van der Waals surface area contributed by atoms with Gasteiger partial charge < -0.3 is 4.98 Å². The number of aromatic amines is 1. The molecule has 0 aliphatic carbocycles. The fraction of sp³-hybridized carbons (Fsp3) is 0.182. The van der Waals surface area contributed by atoms with E-state index in [1.54, 1.807) is 0 Å². The molecule has 0 bridgehead atoms. The van der Waals surface area contributed by atoms with Gasteiger partial charge in [0.15, 0.2) is 0 Å². The Morgan fingerprint density at radius 1 is 0.714 bits per heavy atom. The second kappa shape index (κ2) is 11.2. The summed E-state index contributed by atoms with van der Waals surface area (Å²) in [5, 5.41) is 0. The first kappa shape index (κ1) is 22.4. The summed E-state index contributed by atoms with van der Waals surface area (Å²) in [6.45, 7) is 8.20. The van der Waals surface area contributed by atoms with Gasteiger partial charge >= 0.3 is 33.3 Å². The molecule has 0 aliphatic heterocycles. The van der Waals surface area contributed by atoms with Crippen LogP contribution < -0.4 is 0 Å². The Labute approximate surface area is 181 Å². The van der Waals surface area contributed by atoms with Crippen molar-refractivity contribution in [2.24, 2.45) is 9.98 Å². The van der Waals surface area contributed by atoms with Gasteiger partial charge in [0.2, 0.25) is 0 Å². The fourth-order valence-electron chi connectivity index (χ4n) is 2.68. The van der Waals surface area contributed by atoms with Crippen LogP contribution in [0.25, 0.3) is 0 Å². The minimum atomic E-state index is 0.194. The van der Waals surface area contributed by atoms with Crippen LogP contribution in [0.15, 0.2) is 70.6 Å². The van der Waals surface area contributed by atoms with E-state index in [4.69, 9.17) is 30.2 Å². The molecule has 1 N–H and O–H groups in total. The molecule has 3 rings (SSSR count). The Balaban J connectivity index is 0.000000878. The molecule has 148 valence electrons. The van der Waals surface area contributed by atoms with E-state index in [0.29, 0.717) is 0 Å². The molecule has 3 aromatic rings. The second-order valence-corrected chi connectivity index (χ2v) is 8.13. The van der Waals surface area contributed by atoms with Crippen molar-refractivity contribution >= 4 is 43.0 Å². The fourth-order valence-corrected chi connectivity index (χ4v) is 2.68. The topological polar surface area (TPSA) is 40.5 Å². The number of benzene rings is 2. The van der Waals surface area contributed by atoms with E-state index in [-0.39, 0.29) is 13.1 Å². The van der Waals surface area contributed by atoms with Gasteiger partial charge in [-0.25, -0.2) is 0 Å². The number of aliphatic imine (C=N–C) groups is 2. The Hall–Kier alpha value is -1.84. The van der Waals surface area contributed by atoms with Crippen molar-refractivity contribution in [3.8, 4) is 0 Å². The summed E-state index contributed by atoms with van der Waals surface area (Å²) < 4.78 is 0. The SMILES string of the molecule is CC(=Nc1ccccc1C)c1ccc(C(C)=Nc2ccccc2C)[nH]1.[Cl][Fe][Cl]. The number of hydrogen-bond donors (Lipinski definition) is 1. The van der Waals surface area contributed by atoms with Crippen LogP contribution in [0.1, 0.15) is 36.4 Å². The number of aromatic nitrogens is 1. The van der Waals surface area contributed by atoms with Crippen LogP contribution in [0, 0.1) is 13.8 Å². The van der Waals surface area contributed by atoms with Gasteiger partial charge in [0.05, 0.1) is 34.2 Å². The molecule has 0 saturated heterocycles. The zero-order valence-corrected chi connectivity index (χ0v) is 18.9. The zero-order valence-electron chi connectivity index (χ0n) is 16.3. The van der Waals surface area contributed by atoms with E-state index in [1.165, 1.54) is 11.1 Å². The monoisotopic (exact) mass is 455 g/mol. The molecule has 1 heterocycles. The Morgan fingerprint density at radius 2 is 1.07 bits per heavy atom. The number of rotatable bonds is 4. The number of H-pyrrole nitrogens is 1. The first-order valence-corrected chi connectivity index (χ1v) is 11.8. The third kappa shape index (κ3) is 6.35. The number of aryl methyl sites for hydroxylation is 2. The van der Waals surface area contributed by atoms with Crippen LogP contribution in [0.4, 0.5) is 11.4 Å². The van der Waals surface area contributed by atoms with Gasteiger partial charge in [-0.2, -0.15) is 0 Å². The van der Waals surface area contributed by atoms with E-state index in [2.05, 4.69) is 43.1 Å². The molecule has 6 heteroatoms. The van der Waals surface area contributed by atoms with Crippen LogP contribution in [-0.4, -0.2) is 16.4 Å². The summed E-state index contributed by atoms with van der Waals surface area (Å²) in [6.07, 6.45) is 0. The molecule has 2 aromatic carbocycles. The summed E-state index contributed by atoms with van der Waals surface area (Å²) in [5.74, 6) is 0.